The van der Waals surface area contributed by atoms with Crippen LogP contribution in [0.2, 0.25) is 0 Å². The van der Waals surface area contributed by atoms with Gasteiger partial charge in [0.25, 0.3) is 0 Å². The van der Waals surface area contributed by atoms with Gasteiger partial charge in [-0.1, -0.05) is 48.5 Å². The topological polar surface area (TPSA) is 42.4 Å². The predicted molar refractivity (Wildman–Crippen MR) is 119 cm³/mol. The van der Waals surface area contributed by atoms with Gasteiger partial charge >= 0.3 is 21.1 Å². The largest absolute Gasteiger partial charge is 2.00 e. The Bertz CT molecular complexity index is 1290. The standard InChI is InChI=1S/C26H21N4O.Pt/c1-19-14-15-28-30(19)22-11-7-13-24(17-22)31-23-12-6-10-21(16-23)26-27-18-25(29(26)2)20-8-4-3-5-9-20;/h3-15,18-19H,1-2H3;/q-1;+2. The van der Waals surface area contributed by atoms with Crippen LogP contribution < -0.4 is 4.74 Å². The summed E-state index contributed by atoms with van der Waals surface area (Å²) < 4.78 is 10.0. The fraction of sp³-hybridized carbons (Fsp3) is 0.115. The maximum Gasteiger partial charge on any atom is 2.00 e. The van der Waals surface area contributed by atoms with Gasteiger partial charge in [0, 0.05) is 37.7 Å². The monoisotopic (exact) mass is 600 g/mol. The molecule has 5 rings (SSSR count). The summed E-state index contributed by atoms with van der Waals surface area (Å²) >= 11 is 0. The summed E-state index contributed by atoms with van der Waals surface area (Å²) in [6.07, 6.45) is 5.73. The predicted octanol–water partition coefficient (Wildman–Crippen LogP) is 6.16. The fourth-order valence-electron chi connectivity index (χ4n) is 3.63. The molecule has 0 saturated carbocycles. The van der Waals surface area contributed by atoms with E-state index in [1.807, 2.05) is 78.6 Å². The second kappa shape index (κ2) is 9.45. The molecule has 0 N–H and O–H groups in total. The number of aromatic nitrogens is 2. The summed E-state index contributed by atoms with van der Waals surface area (Å²) in [5.74, 6) is 2.06. The third-order valence-electron chi connectivity index (χ3n) is 5.23. The Morgan fingerprint density at radius 3 is 2.44 bits per heavy atom. The molecule has 1 aromatic heterocycles. The summed E-state index contributed by atoms with van der Waals surface area (Å²) in [4.78, 5) is 4.63. The van der Waals surface area contributed by atoms with Crippen LogP contribution in [0.4, 0.5) is 5.69 Å². The third kappa shape index (κ3) is 4.35. The normalized spacial score (nSPS) is 14.7. The Hall–Kier alpha value is -3.30. The fourth-order valence-corrected chi connectivity index (χ4v) is 3.63. The van der Waals surface area contributed by atoms with Gasteiger partial charge in [-0.05, 0) is 10.7 Å². The molecule has 1 aliphatic heterocycles. The van der Waals surface area contributed by atoms with E-state index in [0.29, 0.717) is 11.5 Å². The van der Waals surface area contributed by atoms with Crippen LogP contribution in [0.25, 0.3) is 22.6 Å². The van der Waals surface area contributed by atoms with Gasteiger partial charge in [0.15, 0.2) is 6.04 Å². The average Bonchev–Trinajstić information content (AvgIpc) is 3.40. The summed E-state index contributed by atoms with van der Waals surface area (Å²) in [6, 6.07) is 28.7. The Labute approximate surface area is 202 Å². The summed E-state index contributed by atoms with van der Waals surface area (Å²) in [6.45, 7) is 2.09. The van der Waals surface area contributed by atoms with E-state index < -0.39 is 0 Å². The van der Waals surface area contributed by atoms with E-state index in [4.69, 9.17) is 4.74 Å². The number of benzene rings is 3. The molecule has 3 aromatic carbocycles. The maximum atomic E-state index is 6.07. The van der Waals surface area contributed by atoms with Gasteiger partial charge < -0.3 is 9.30 Å². The molecular weight excluding hydrogens is 579 g/mol. The molecule has 2 heterocycles. The summed E-state index contributed by atoms with van der Waals surface area (Å²) in [5, 5.41) is 4.37. The number of hydrogen-bond acceptors (Lipinski definition) is 3. The second-order valence-corrected chi connectivity index (χ2v) is 7.37. The second-order valence-electron chi connectivity index (χ2n) is 7.37. The molecule has 160 valence electrons. The van der Waals surface area contributed by atoms with Gasteiger partial charge in [-0.2, -0.15) is 6.07 Å². The minimum atomic E-state index is 0. The van der Waals surface area contributed by atoms with Gasteiger partial charge in [-0.15, -0.1) is 34.5 Å². The SMILES string of the molecule is CC1C=CN=[N+]1c1[c-]c(Oc2[c-]c(-c3ncc(-c4ccccc4)n3C)ccc2)ccc1.[Pt+2]. The van der Waals surface area contributed by atoms with E-state index in [9.17, 15) is 0 Å². The van der Waals surface area contributed by atoms with Crippen molar-refractivity contribution in [2.24, 2.45) is 12.2 Å². The van der Waals surface area contributed by atoms with Crippen molar-refractivity contribution in [2.45, 2.75) is 13.0 Å². The first kappa shape index (κ1) is 21.9. The van der Waals surface area contributed by atoms with Crippen molar-refractivity contribution in [3.05, 3.63) is 97.3 Å². The molecule has 0 amide bonds. The molecule has 1 atom stereocenters. The molecule has 32 heavy (non-hydrogen) atoms. The van der Waals surface area contributed by atoms with Crippen molar-refractivity contribution < 1.29 is 30.5 Å². The van der Waals surface area contributed by atoms with E-state index in [-0.39, 0.29) is 27.1 Å². The molecule has 6 heteroatoms. The van der Waals surface area contributed by atoms with Gasteiger partial charge in [-0.25, -0.2) is 0 Å². The molecule has 0 radical (unpaired) electrons. The Morgan fingerprint density at radius 2 is 1.69 bits per heavy atom. The van der Waals surface area contributed by atoms with Crippen LogP contribution in [0.15, 0.2) is 90.3 Å². The number of azo groups is 2. The zero-order chi connectivity index (χ0) is 21.2. The van der Waals surface area contributed by atoms with Crippen LogP contribution in [0.3, 0.4) is 0 Å². The quantitative estimate of drug-likeness (QED) is 0.204. The molecular formula is C26H21N4OPt+. The minimum Gasteiger partial charge on any atom is -0.503 e. The van der Waals surface area contributed by atoms with Crippen molar-refractivity contribution in [1.29, 1.82) is 0 Å². The summed E-state index contributed by atoms with van der Waals surface area (Å²) in [5.41, 5.74) is 3.90. The number of rotatable bonds is 5. The molecule has 4 aromatic rings. The molecule has 1 unspecified atom stereocenters. The zero-order valence-corrected chi connectivity index (χ0v) is 19.9. The molecule has 0 bridgehead atoms. The smallest absolute Gasteiger partial charge is 0.503 e. The van der Waals surface area contributed by atoms with E-state index in [1.54, 1.807) is 6.20 Å². The molecule has 0 aliphatic carbocycles. The number of hydrogen-bond donors (Lipinski definition) is 0. The summed E-state index contributed by atoms with van der Waals surface area (Å²) in [7, 11) is 2.01. The first-order valence-corrected chi connectivity index (χ1v) is 10.2. The molecule has 5 nitrogen and oxygen atoms in total. The third-order valence-corrected chi connectivity index (χ3v) is 5.23. The van der Waals surface area contributed by atoms with Crippen molar-refractivity contribution in [3.8, 4) is 34.1 Å². The molecule has 0 fully saturated rings. The molecule has 0 saturated heterocycles. The van der Waals surface area contributed by atoms with E-state index >= 15 is 0 Å². The van der Waals surface area contributed by atoms with Crippen molar-refractivity contribution >= 4 is 5.69 Å². The van der Waals surface area contributed by atoms with E-state index in [1.165, 1.54) is 0 Å². The van der Waals surface area contributed by atoms with E-state index in [2.05, 4.69) is 45.9 Å². The van der Waals surface area contributed by atoms with Gasteiger partial charge in [0.05, 0.1) is 17.7 Å². The van der Waals surface area contributed by atoms with Crippen molar-refractivity contribution in [2.75, 3.05) is 0 Å². The molecule has 1 aliphatic rings. The van der Waals surface area contributed by atoms with Gasteiger partial charge in [0.2, 0.25) is 0 Å². The number of ether oxygens (including phenoxy) is 1. The first-order valence-electron chi connectivity index (χ1n) is 10.2. The minimum absolute atomic E-state index is 0. The van der Waals surface area contributed by atoms with Crippen LogP contribution in [-0.2, 0) is 28.1 Å². The van der Waals surface area contributed by atoms with Gasteiger partial charge in [0.1, 0.15) is 5.69 Å². The van der Waals surface area contributed by atoms with Crippen molar-refractivity contribution in [3.63, 3.8) is 0 Å². The first-order chi connectivity index (χ1) is 15.2. The van der Waals surface area contributed by atoms with E-state index in [0.717, 1.165) is 28.3 Å². The average molecular weight is 601 g/mol. The Balaban J connectivity index is 0.00000245. The number of nitrogens with zero attached hydrogens (tertiary/aromatic N) is 4. The van der Waals surface area contributed by atoms with Gasteiger partial charge in [-0.3, -0.25) is 4.98 Å². The van der Waals surface area contributed by atoms with Crippen LogP contribution in [0.5, 0.6) is 11.5 Å². The van der Waals surface area contributed by atoms with Crippen LogP contribution >= 0.6 is 0 Å². The maximum absolute atomic E-state index is 6.07. The Kier molecular flexibility index (Phi) is 6.47. The number of imidazole rings is 1. The van der Waals surface area contributed by atoms with Crippen LogP contribution in [0.1, 0.15) is 6.92 Å². The zero-order valence-electron chi connectivity index (χ0n) is 17.7. The van der Waals surface area contributed by atoms with Crippen LogP contribution in [-0.4, -0.2) is 20.3 Å². The van der Waals surface area contributed by atoms with Crippen molar-refractivity contribution in [1.82, 2.24) is 9.55 Å². The van der Waals surface area contributed by atoms with Crippen LogP contribution in [0, 0.1) is 12.1 Å². The Morgan fingerprint density at radius 1 is 0.938 bits per heavy atom. The molecule has 0 spiro atoms.